The van der Waals surface area contributed by atoms with Crippen LogP contribution in [-0.2, 0) is 34.9 Å². The van der Waals surface area contributed by atoms with Crippen molar-refractivity contribution in [2.45, 2.75) is 116 Å². The number of allylic oxidation sites excluding steroid dienone is 1. The molecule has 2 aliphatic heterocycles. The third kappa shape index (κ3) is 5.24. The normalized spacial score (nSPS) is 27.7. The molecular weight excluding hydrogens is 571 g/mol. The van der Waals surface area contributed by atoms with Gasteiger partial charge in [-0.25, -0.2) is 8.98 Å². The molecule has 1 spiro atoms. The van der Waals surface area contributed by atoms with Crippen molar-refractivity contribution in [1.82, 2.24) is 9.13 Å². The number of aromatic nitrogens is 2. The van der Waals surface area contributed by atoms with E-state index in [-0.39, 0.29) is 27.3 Å². The Kier molecular flexibility index (Phi) is 8.26. The molecule has 2 aliphatic rings. The average molecular weight is 618 g/mol. The van der Waals surface area contributed by atoms with Crippen molar-refractivity contribution in [3.63, 3.8) is 0 Å². The van der Waals surface area contributed by atoms with E-state index in [0.29, 0.717) is 5.56 Å². The zero-order valence-corrected chi connectivity index (χ0v) is 29.0. The Balaban J connectivity index is 2.32. The third-order valence-electron chi connectivity index (χ3n) is 9.27. The summed E-state index contributed by atoms with van der Waals surface area (Å²) in [4.78, 5) is 25.9. The molecule has 4 unspecified atom stereocenters. The largest absolute Gasteiger partial charge is 0.414 e. The van der Waals surface area contributed by atoms with E-state index in [0.717, 1.165) is 4.57 Å². The Morgan fingerprint density at radius 2 is 1.55 bits per heavy atom. The predicted molar refractivity (Wildman–Crippen MR) is 159 cm³/mol. The lowest BCUT2D eigenvalue weighted by Gasteiger charge is -2.43. The summed E-state index contributed by atoms with van der Waals surface area (Å²) in [5.41, 5.74) is 4.06. The van der Waals surface area contributed by atoms with Crippen molar-refractivity contribution >= 4 is 26.8 Å². The lowest BCUT2D eigenvalue weighted by atomic mass is 9.88. The molecule has 0 aliphatic carbocycles. The second kappa shape index (κ2) is 10.0. The summed E-state index contributed by atoms with van der Waals surface area (Å²) >= 11 is 0. The van der Waals surface area contributed by atoms with Crippen LogP contribution in [0.1, 0.15) is 60.3 Å². The van der Waals surface area contributed by atoms with Gasteiger partial charge < -0.3 is 19.3 Å². The Labute approximate surface area is 240 Å². The number of hydrogen-bond donors (Lipinski definition) is 1. The first-order valence-electron chi connectivity index (χ1n) is 13.5. The van der Waals surface area contributed by atoms with Crippen molar-refractivity contribution in [1.29, 1.82) is 0 Å². The van der Waals surface area contributed by atoms with Gasteiger partial charge in [-0.3, -0.25) is 13.9 Å². The zero-order chi connectivity index (χ0) is 31.0. The minimum atomic E-state index is -4.22. The molecule has 3 heterocycles. The molecule has 0 radical (unpaired) electrons. The third-order valence-corrected chi connectivity index (χ3v) is 19.7. The van der Waals surface area contributed by atoms with Crippen molar-refractivity contribution < 1.29 is 26.2 Å². The van der Waals surface area contributed by atoms with Crippen LogP contribution in [0.5, 0.6) is 0 Å². The summed E-state index contributed by atoms with van der Waals surface area (Å²) in [7, 11) is -7.83. The van der Waals surface area contributed by atoms with Crippen LogP contribution >= 0.6 is 0 Å². The van der Waals surface area contributed by atoms with Crippen LogP contribution in [0.3, 0.4) is 0 Å². The highest BCUT2D eigenvalue weighted by Gasteiger charge is 2.68. The molecule has 2 N–H and O–H groups in total. The van der Waals surface area contributed by atoms with Gasteiger partial charge in [-0.1, -0.05) is 41.5 Å². The molecule has 3 rings (SSSR count). The molecule has 1 aromatic rings. The van der Waals surface area contributed by atoms with Crippen molar-refractivity contribution in [2.24, 2.45) is 12.8 Å². The van der Waals surface area contributed by atoms with Gasteiger partial charge in [0.05, 0.1) is 17.2 Å². The molecule has 0 bridgehead atoms. The maximum Gasteiger partial charge on any atom is 0.332 e. The van der Waals surface area contributed by atoms with Crippen LogP contribution in [0.15, 0.2) is 26.4 Å². The fourth-order valence-corrected chi connectivity index (χ4v) is 7.89. The summed E-state index contributed by atoms with van der Waals surface area (Å²) in [5.74, 6) is 0. The molecule has 1 saturated heterocycles. The SMILES string of the molecule is CC1=C(N)C2(OS1(=O)=O)C(CO[Si](C)(C)C(C)(C)C)OC(n1cc(C)c(=O)n(C)c1=O)C2O[Si](C)(C)C(C)(C)C. The highest BCUT2D eigenvalue weighted by atomic mass is 32.2. The standard InChI is InChI=1S/C26H47N3O8SSi2/c1-16-14-29(23(31)28(9)21(16)30)22-20(36-40(12,13)25(6,7)8)26(19(27)17(2)38(32,33)37-26)18(35-22)15-34-39(10,11)24(3,4)5/h14,18,20,22H,15,27H2,1-13H3. The Morgan fingerprint density at radius 1 is 1.02 bits per heavy atom. The average Bonchev–Trinajstić information content (AvgIpc) is 3.17. The van der Waals surface area contributed by atoms with Gasteiger partial charge in [-0.15, -0.1) is 0 Å². The monoisotopic (exact) mass is 617 g/mol. The summed E-state index contributed by atoms with van der Waals surface area (Å²) < 4.78 is 54.6. The fourth-order valence-electron chi connectivity index (χ4n) is 4.40. The van der Waals surface area contributed by atoms with Gasteiger partial charge in [0, 0.05) is 18.8 Å². The van der Waals surface area contributed by atoms with Gasteiger partial charge >= 0.3 is 5.69 Å². The molecule has 1 fully saturated rings. The van der Waals surface area contributed by atoms with Crippen LogP contribution in [0.4, 0.5) is 0 Å². The molecular formula is C26H47N3O8SSi2. The lowest BCUT2D eigenvalue weighted by molar-refractivity contribution is -0.0566. The number of nitrogens with zero attached hydrogens (tertiary/aromatic N) is 2. The fraction of sp³-hybridized carbons (Fsp3) is 0.769. The summed E-state index contributed by atoms with van der Waals surface area (Å²) in [6.07, 6.45) is -1.90. The number of hydrogen-bond acceptors (Lipinski definition) is 9. The second-order valence-electron chi connectivity index (χ2n) is 14.1. The number of aryl methyl sites for hydroxylation is 1. The molecule has 0 saturated carbocycles. The number of nitrogens with two attached hydrogens (primary N) is 1. The maximum absolute atomic E-state index is 13.4. The van der Waals surface area contributed by atoms with E-state index in [1.54, 1.807) is 6.92 Å². The second-order valence-corrected chi connectivity index (χ2v) is 25.3. The van der Waals surface area contributed by atoms with Gasteiger partial charge in [-0.05, 0) is 50.1 Å². The van der Waals surface area contributed by atoms with E-state index < -0.39 is 62.0 Å². The van der Waals surface area contributed by atoms with Crippen LogP contribution in [-0.4, -0.2) is 58.6 Å². The van der Waals surface area contributed by atoms with E-state index in [1.807, 2.05) is 33.9 Å². The quantitative estimate of drug-likeness (QED) is 0.375. The van der Waals surface area contributed by atoms with E-state index in [9.17, 15) is 18.0 Å². The first-order chi connectivity index (χ1) is 17.8. The van der Waals surface area contributed by atoms with E-state index in [2.05, 4.69) is 33.9 Å². The minimum Gasteiger partial charge on any atom is -0.414 e. The molecule has 0 aromatic carbocycles. The number of ether oxygens (including phenoxy) is 1. The molecule has 11 nitrogen and oxygen atoms in total. The topological polar surface area (TPSA) is 141 Å². The van der Waals surface area contributed by atoms with E-state index in [4.69, 9.17) is 23.5 Å². The molecule has 228 valence electrons. The smallest absolute Gasteiger partial charge is 0.332 e. The van der Waals surface area contributed by atoms with E-state index >= 15 is 0 Å². The van der Waals surface area contributed by atoms with Gasteiger partial charge in [0.25, 0.3) is 15.7 Å². The lowest BCUT2D eigenvalue weighted by Crippen LogP contribution is -2.59. The highest BCUT2D eigenvalue weighted by Crippen LogP contribution is 2.53. The molecule has 40 heavy (non-hydrogen) atoms. The Hall–Kier alpha value is -1.56. The summed E-state index contributed by atoms with van der Waals surface area (Å²) in [6.45, 7) is 23.6. The molecule has 4 atom stereocenters. The van der Waals surface area contributed by atoms with Crippen molar-refractivity contribution in [3.05, 3.63) is 43.2 Å². The van der Waals surface area contributed by atoms with Gasteiger partial charge in [0.2, 0.25) is 0 Å². The molecule has 14 heteroatoms. The highest BCUT2D eigenvalue weighted by molar-refractivity contribution is 7.91. The Morgan fingerprint density at radius 3 is 2.00 bits per heavy atom. The minimum absolute atomic E-state index is 0.0304. The first-order valence-corrected chi connectivity index (χ1v) is 20.7. The van der Waals surface area contributed by atoms with E-state index in [1.165, 1.54) is 24.7 Å². The number of rotatable bonds is 6. The molecule has 1 aromatic heterocycles. The van der Waals surface area contributed by atoms with Crippen molar-refractivity contribution in [2.75, 3.05) is 6.61 Å². The van der Waals surface area contributed by atoms with Crippen LogP contribution < -0.4 is 17.0 Å². The van der Waals surface area contributed by atoms with Gasteiger partial charge in [-0.2, -0.15) is 8.42 Å². The molecule has 0 amide bonds. The summed E-state index contributed by atoms with van der Waals surface area (Å²) in [5, 5.41) is -0.426. The maximum atomic E-state index is 13.4. The van der Waals surface area contributed by atoms with Crippen molar-refractivity contribution in [3.8, 4) is 0 Å². The van der Waals surface area contributed by atoms with Crippen LogP contribution in [0.25, 0.3) is 0 Å². The van der Waals surface area contributed by atoms with Crippen LogP contribution in [0.2, 0.25) is 36.3 Å². The summed E-state index contributed by atoms with van der Waals surface area (Å²) in [6, 6.07) is 0. The zero-order valence-electron chi connectivity index (χ0n) is 26.2. The van der Waals surface area contributed by atoms with Crippen LogP contribution in [0, 0.1) is 6.92 Å². The van der Waals surface area contributed by atoms with Gasteiger partial charge in [0.1, 0.15) is 12.2 Å². The van der Waals surface area contributed by atoms with Gasteiger partial charge in [0.15, 0.2) is 28.5 Å². The Bertz CT molecular complexity index is 1430. The first kappa shape index (κ1) is 33.0. The predicted octanol–water partition coefficient (Wildman–Crippen LogP) is 3.45.